The molecule has 0 spiro atoms. The number of ether oxygens (including phenoxy) is 1. The maximum atomic E-state index is 6.09. The number of alkyl halides is 2. The molecule has 0 amide bonds. The first-order valence-electron chi connectivity index (χ1n) is 9.20. The molecular formula is C18H34Cl2O. The fourth-order valence-corrected chi connectivity index (χ4v) is 3.41. The van der Waals surface area contributed by atoms with Crippen LogP contribution in [-0.2, 0) is 4.74 Å². The van der Waals surface area contributed by atoms with E-state index in [4.69, 9.17) is 27.9 Å². The molecule has 0 aliphatic carbocycles. The predicted octanol–water partition coefficient (Wildman–Crippen LogP) is 7.39. The van der Waals surface area contributed by atoms with Gasteiger partial charge in [-0.25, -0.2) is 0 Å². The molecule has 126 valence electrons. The smallest absolute Gasteiger partial charge is 0.183 e. The van der Waals surface area contributed by atoms with Gasteiger partial charge < -0.3 is 4.74 Å². The summed E-state index contributed by atoms with van der Waals surface area (Å²) in [6, 6.07) is 0. The van der Waals surface area contributed by atoms with Crippen molar-refractivity contribution in [2.75, 3.05) is 0 Å². The monoisotopic (exact) mass is 336 g/mol. The molecule has 1 heterocycles. The highest BCUT2D eigenvalue weighted by Gasteiger charge is 2.53. The standard InChI is InChI=1S/C18H34Cl2O/c1-2-3-4-5-6-7-8-9-10-11-12-13-14-15-16-18(20)17(19)21-18/h17H,2-16H2,1H3. The van der Waals surface area contributed by atoms with Gasteiger partial charge >= 0.3 is 0 Å². The van der Waals surface area contributed by atoms with Crippen molar-refractivity contribution in [3.63, 3.8) is 0 Å². The summed E-state index contributed by atoms with van der Waals surface area (Å²) in [5.74, 6) is 0. The van der Waals surface area contributed by atoms with Crippen molar-refractivity contribution in [3.05, 3.63) is 0 Å². The van der Waals surface area contributed by atoms with E-state index in [0.717, 1.165) is 12.8 Å². The van der Waals surface area contributed by atoms with Crippen LogP contribution >= 0.6 is 23.2 Å². The maximum absolute atomic E-state index is 6.09. The normalized spacial score (nSPS) is 24.4. The number of epoxide rings is 1. The van der Waals surface area contributed by atoms with E-state index < -0.39 is 5.06 Å². The zero-order valence-electron chi connectivity index (χ0n) is 13.8. The van der Waals surface area contributed by atoms with Gasteiger partial charge in [0.05, 0.1) is 0 Å². The van der Waals surface area contributed by atoms with E-state index in [1.54, 1.807) is 0 Å². The third kappa shape index (κ3) is 10.0. The first-order chi connectivity index (χ1) is 10.2. The van der Waals surface area contributed by atoms with E-state index in [1.807, 2.05) is 0 Å². The molecule has 0 N–H and O–H groups in total. The molecule has 21 heavy (non-hydrogen) atoms. The Balaban J connectivity index is 1.67. The molecule has 0 saturated carbocycles. The summed E-state index contributed by atoms with van der Waals surface area (Å²) in [4.78, 5) is 0. The van der Waals surface area contributed by atoms with Crippen LogP contribution in [0.5, 0.6) is 0 Å². The molecule has 1 aliphatic rings. The van der Waals surface area contributed by atoms with E-state index in [0.29, 0.717) is 0 Å². The Morgan fingerprint density at radius 1 is 0.714 bits per heavy atom. The molecular weight excluding hydrogens is 303 g/mol. The van der Waals surface area contributed by atoms with Crippen LogP contribution in [0.1, 0.15) is 103 Å². The van der Waals surface area contributed by atoms with Crippen molar-refractivity contribution in [1.29, 1.82) is 0 Å². The van der Waals surface area contributed by atoms with Crippen LogP contribution < -0.4 is 0 Å². The van der Waals surface area contributed by atoms with Crippen LogP contribution in [0.4, 0.5) is 0 Å². The average molecular weight is 337 g/mol. The largest absolute Gasteiger partial charge is 0.332 e. The van der Waals surface area contributed by atoms with Crippen molar-refractivity contribution in [3.8, 4) is 0 Å². The van der Waals surface area contributed by atoms with Crippen LogP contribution in [-0.4, -0.2) is 10.6 Å². The fourth-order valence-electron chi connectivity index (χ4n) is 2.87. The Bertz CT molecular complexity index is 247. The Kier molecular flexibility index (Phi) is 11.2. The second-order valence-electron chi connectivity index (χ2n) is 6.57. The number of halogens is 2. The highest BCUT2D eigenvalue weighted by Crippen LogP contribution is 2.47. The number of hydrogen-bond acceptors (Lipinski definition) is 1. The SMILES string of the molecule is CCCCCCCCCCCCCCCCC1(Cl)OC1Cl. The van der Waals surface area contributed by atoms with Crippen LogP contribution in [0.25, 0.3) is 0 Å². The first-order valence-corrected chi connectivity index (χ1v) is 10.0. The lowest BCUT2D eigenvalue weighted by Crippen LogP contribution is -2.01. The summed E-state index contributed by atoms with van der Waals surface area (Å²) >= 11 is 11.9. The van der Waals surface area contributed by atoms with Gasteiger partial charge in [0.1, 0.15) is 0 Å². The highest BCUT2D eigenvalue weighted by molar-refractivity contribution is 6.34. The van der Waals surface area contributed by atoms with Gasteiger partial charge in [0.25, 0.3) is 0 Å². The molecule has 1 saturated heterocycles. The minimum atomic E-state index is -0.515. The molecule has 1 fully saturated rings. The zero-order valence-corrected chi connectivity index (χ0v) is 15.4. The van der Waals surface area contributed by atoms with Crippen LogP contribution in [0, 0.1) is 0 Å². The van der Waals surface area contributed by atoms with E-state index in [-0.39, 0.29) is 5.56 Å². The van der Waals surface area contributed by atoms with Crippen molar-refractivity contribution in [1.82, 2.24) is 0 Å². The third-order valence-electron chi connectivity index (χ3n) is 4.45. The Labute approximate surface area is 142 Å². The average Bonchev–Trinajstić information content (AvgIpc) is 3.06. The lowest BCUT2D eigenvalue weighted by atomic mass is 10.0. The number of unbranched alkanes of at least 4 members (excludes halogenated alkanes) is 13. The van der Waals surface area contributed by atoms with Gasteiger partial charge in [-0.15, -0.1) is 0 Å². The van der Waals surface area contributed by atoms with Gasteiger partial charge in [0.2, 0.25) is 0 Å². The summed E-state index contributed by atoms with van der Waals surface area (Å²) < 4.78 is 5.15. The predicted molar refractivity (Wildman–Crippen MR) is 94.2 cm³/mol. The molecule has 2 unspecified atom stereocenters. The van der Waals surface area contributed by atoms with E-state index in [9.17, 15) is 0 Å². The first kappa shape index (κ1) is 19.6. The molecule has 0 bridgehead atoms. The number of hydrogen-bond donors (Lipinski definition) is 0. The summed E-state index contributed by atoms with van der Waals surface area (Å²) in [7, 11) is 0. The molecule has 1 aliphatic heterocycles. The fraction of sp³-hybridized carbons (Fsp3) is 1.00. The van der Waals surface area contributed by atoms with Gasteiger partial charge in [-0.1, -0.05) is 114 Å². The van der Waals surface area contributed by atoms with Gasteiger partial charge in [-0.3, -0.25) is 0 Å². The van der Waals surface area contributed by atoms with Crippen LogP contribution in [0.3, 0.4) is 0 Å². The van der Waals surface area contributed by atoms with E-state index >= 15 is 0 Å². The Morgan fingerprint density at radius 3 is 1.38 bits per heavy atom. The topological polar surface area (TPSA) is 12.5 Å². The second-order valence-corrected chi connectivity index (χ2v) is 7.60. The van der Waals surface area contributed by atoms with Crippen molar-refractivity contribution in [2.45, 2.75) is 114 Å². The summed E-state index contributed by atoms with van der Waals surface area (Å²) in [6.07, 6.45) is 20.3. The maximum Gasteiger partial charge on any atom is 0.183 e. The molecule has 3 heteroatoms. The third-order valence-corrected chi connectivity index (χ3v) is 5.48. The molecule has 0 aromatic rings. The zero-order chi connectivity index (χ0) is 15.4. The van der Waals surface area contributed by atoms with Crippen molar-refractivity contribution < 1.29 is 4.74 Å². The van der Waals surface area contributed by atoms with Gasteiger partial charge in [-0.2, -0.15) is 0 Å². The Hall–Kier alpha value is 0.540. The lowest BCUT2D eigenvalue weighted by molar-refractivity contribution is 0.352. The highest BCUT2D eigenvalue weighted by atomic mass is 35.5. The minimum absolute atomic E-state index is 0.249. The molecule has 0 aromatic carbocycles. The quantitative estimate of drug-likeness (QED) is 0.172. The van der Waals surface area contributed by atoms with Crippen LogP contribution in [0.15, 0.2) is 0 Å². The molecule has 1 nitrogen and oxygen atoms in total. The summed E-state index contributed by atoms with van der Waals surface area (Å²) in [5.41, 5.74) is -0.249. The molecule has 0 aromatic heterocycles. The summed E-state index contributed by atoms with van der Waals surface area (Å²) in [5, 5.41) is -0.515. The molecule has 1 rings (SSSR count). The number of rotatable bonds is 15. The van der Waals surface area contributed by atoms with Crippen molar-refractivity contribution in [2.24, 2.45) is 0 Å². The second kappa shape index (κ2) is 12.0. The van der Waals surface area contributed by atoms with Gasteiger partial charge in [0, 0.05) is 0 Å². The Morgan fingerprint density at radius 2 is 1.05 bits per heavy atom. The van der Waals surface area contributed by atoms with Crippen molar-refractivity contribution >= 4 is 23.2 Å². The van der Waals surface area contributed by atoms with Crippen LogP contribution in [0.2, 0.25) is 0 Å². The van der Waals surface area contributed by atoms with E-state index in [2.05, 4.69) is 6.92 Å². The molecule has 2 atom stereocenters. The van der Waals surface area contributed by atoms with Gasteiger partial charge in [-0.05, 0) is 12.8 Å². The van der Waals surface area contributed by atoms with E-state index in [1.165, 1.54) is 83.5 Å². The summed E-state index contributed by atoms with van der Waals surface area (Å²) in [6.45, 7) is 2.28. The lowest BCUT2D eigenvalue weighted by Gasteiger charge is -2.04. The molecule has 0 radical (unpaired) electrons. The minimum Gasteiger partial charge on any atom is -0.332 e. The van der Waals surface area contributed by atoms with Gasteiger partial charge in [0.15, 0.2) is 10.6 Å².